The van der Waals surface area contributed by atoms with Crippen molar-refractivity contribution in [2.24, 2.45) is 5.92 Å². The van der Waals surface area contributed by atoms with E-state index in [1.807, 2.05) is 13.0 Å². The van der Waals surface area contributed by atoms with Crippen LogP contribution >= 0.6 is 42.5 Å². The van der Waals surface area contributed by atoms with Crippen LogP contribution in [0.3, 0.4) is 0 Å². The van der Waals surface area contributed by atoms with E-state index >= 15 is 0 Å². The molecular weight excluding hydrogens is 543 g/mol. The number of hydrogen-bond acceptors (Lipinski definition) is 12. The summed E-state index contributed by atoms with van der Waals surface area (Å²) in [5.41, 5.74) is 7.36. The number of nitrogens with zero attached hydrogens (tertiary/aromatic N) is 4. The van der Waals surface area contributed by atoms with Gasteiger partial charge in [-0.05, 0) is 45.2 Å². The molecule has 0 saturated heterocycles. The third-order valence-electron chi connectivity index (χ3n) is 4.80. The van der Waals surface area contributed by atoms with Crippen molar-refractivity contribution in [2.45, 2.75) is 57.5 Å². The average molecular weight is 575 g/mol. The topological polar surface area (TPSA) is 134 Å². The summed E-state index contributed by atoms with van der Waals surface area (Å²) < 4.78 is 29.8. The van der Waals surface area contributed by atoms with Crippen molar-refractivity contribution in [3.63, 3.8) is 0 Å². The van der Waals surface area contributed by atoms with E-state index in [1.54, 1.807) is 26.1 Å². The maximum atomic E-state index is 12.8. The van der Waals surface area contributed by atoms with Gasteiger partial charge >= 0.3 is 7.82 Å². The third kappa shape index (κ3) is 8.24. The molecule has 3 heterocycles. The highest BCUT2D eigenvalue weighted by molar-refractivity contribution is 7.99. The van der Waals surface area contributed by atoms with Gasteiger partial charge in [-0.2, -0.15) is 0 Å². The van der Waals surface area contributed by atoms with Crippen LogP contribution in [0.15, 0.2) is 23.5 Å². The minimum Gasteiger partial charge on any atom is -0.375 e. The molecule has 0 aliphatic rings. The SMILES string of the molecule is CCOP(=O)(OCC)OCC(CC(C)C)Nc1nc(SC(C)c2ccc(Cl)cn2)nc2nc(N)sc12. The second-order valence-electron chi connectivity index (χ2n) is 8.27. The largest absolute Gasteiger partial charge is 0.474 e. The number of nitrogen functional groups attached to an aromatic ring is 1. The predicted octanol–water partition coefficient (Wildman–Crippen LogP) is 6.59. The molecule has 0 saturated carbocycles. The highest BCUT2D eigenvalue weighted by Gasteiger charge is 2.28. The number of rotatable bonds is 14. The molecule has 3 aromatic heterocycles. The molecule has 0 aliphatic carbocycles. The second-order valence-corrected chi connectivity index (χ2v) is 12.7. The Morgan fingerprint density at radius 2 is 1.86 bits per heavy atom. The molecule has 2 atom stereocenters. The monoisotopic (exact) mass is 574 g/mol. The number of nitrogens with one attached hydrogen (secondary N) is 1. The highest BCUT2D eigenvalue weighted by Crippen LogP contribution is 2.49. The zero-order valence-corrected chi connectivity index (χ0v) is 24.2. The standard InChI is InChI=1S/C22H32ClN6O4PS2/c1-6-31-34(30,32-7-2)33-12-16(10-13(3)4)26-19-18-20(27-21(24)36-18)29-22(28-19)35-14(5)17-9-8-15(23)11-25-17/h8-9,11,13-14,16H,6-7,10,12H2,1-5H3,(H3,24,26,27,28,29). The van der Waals surface area contributed by atoms with Crippen LogP contribution in [0.25, 0.3) is 10.3 Å². The number of pyridine rings is 1. The van der Waals surface area contributed by atoms with E-state index in [4.69, 9.17) is 35.9 Å². The normalized spacial score (nSPS) is 13.9. The van der Waals surface area contributed by atoms with Crippen LogP contribution in [-0.2, 0) is 18.1 Å². The van der Waals surface area contributed by atoms with Gasteiger partial charge in [0.25, 0.3) is 0 Å². The predicted molar refractivity (Wildman–Crippen MR) is 147 cm³/mol. The van der Waals surface area contributed by atoms with Gasteiger partial charge in [0.2, 0.25) is 0 Å². The lowest BCUT2D eigenvalue weighted by molar-refractivity contribution is 0.116. The number of hydrogen-bond donors (Lipinski definition) is 2. The molecule has 0 bridgehead atoms. The Labute approximate surface area is 224 Å². The average Bonchev–Trinajstić information content (AvgIpc) is 3.18. The fourth-order valence-corrected chi connectivity index (χ4v) is 6.27. The Morgan fingerprint density at radius 1 is 1.14 bits per heavy atom. The summed E-state index contributed by atoms with van der Waals surface area (Å²) in [6.45, 7) is 10.2. The lowest BCUT2D eigenvalue weighted by Gasteiger charge is -2.24. The molecule has 36 heavy (non-hydrogen) atoms. The maximum Gasteiger partial charge on any atom is 0.474 e. The molecule has 0 radical (unpaired) electrons. The van der Waals surface area contributed by atoms with Gasteiger partial charge in [-0.15, -0.1) is 0 Å². The molecule has 14 heteroatoms. The number of thioether (sulfide) groups is 1. The summed E-state index contributed by atoms with van der Waals surface area (Å²) >= 11 is 8.73. The number of phosphoric acid groups is 1. The number of aromatic nitrogens is 4. The van der Waals surface area contributed by atoms with Gasteiger partial charge in [0.15, 0.2) is 21.8 Å². The van der Waals surface area contributed by atoms with Crippen molar-refractivity contribution in [1.82, 2.24) is 19.9 Å². The first-order valence-electron chi connectivity index (χ1n) is 11.6. The maximum absolute atomic E-state index is 12.8. The van der Waals surface area contributed by atoms with E-state index in [2.05, 4.69) is 34.1 Å². The number of anilines is 2. The number of phosphoric ester groups is 1. The molecule has 0 aromatic carbocycles. The van der Waals surface area contributed by atoms with Crippen LogP contribution < -0.4 is 11.1 Å². The van der Waals surface area contributed by atoms with Crippen molar-refractivity contribution in [3.05, 3.63) is 29.0 Å². The molecule has 3 aromatic rings. The molecule has 0 amide bonds. The fourth-order valence-electron chi connectivity index (χ4n) is 3.36. The molecule has 3 rings (SSSR count). The van der Waals surface area contributed by atoms with Gasteiger partial charge in [-0.25, -0.2) is 19.5 Å². The Kier molecular flexibility index (Phi) is 10.7. The van der Waals surface area contributed by atoms with Crippen LogP contribution in [0.4, 0.5) is 10.9 Å². The Morgan fingerprint density at radius 3 is 2.47 bits per heavy atom. The van der Waals surface area contributed by atoms with E-state index in [-0.39, 0.29) is 31.1 Å². The summed E-state index contributed by atoms with van der Waals surface area (Å²) in [5, 5.41) is 4.92. The van der Waals surface area contributed by atoms with E-state index in [9.17, 15) is 4.57 Å². The summed E-state index contributed by atoms with van der Waals surface area (Å²) in [6.07, 6.45) is 2.34. The van der Waals surface area contributed by atoms with E-state index in [0.29, 0.717) is 32.7 Å². The molecule has 198 valence electrons. The molecule has 2 unspecified atom stereocenters. The molecule has 0 fully saturated rings. The van der Waals surface area contributed by atoms with Crippen LogP contribution in [0.2, 0.25) is 5.02 Å². The molecule has 0 aliphatic heterocycles. The second kappa shape index (κ2) is 13.3. The van der Waals surface area contributed by atoms with Crippen molar-refractivity contribution in [1.29, 1.82) is 0 Å². The van der Waals surface area contributed by atoms with Crippen molar-refractivity contribution in [3.8, 4) is 0 Å². The van der Waals surface area contributed by atoms with Crippen LogP contribution in [0.5, 0.6) is 0 Å². The van der Waals surface area contributed by atoms with Crippen molar-refractivity contribution < 1.29 is 18.1 Å². The molecule has 10 nitrogen and oxygen atoms in total. The van der Waals surface area contributed by atoms with Gasteiger partial charge < -0.3 is 11.1 Å². The lowest BCUT2D eigenvalue weighted by atomic mass is 10.0. The number of halogens is 1. The van der Waals surface area contributed by atoms with Gasteiger partial charge in [0.1, 0.15) is 4.70 Å². The first-order valence-corrected chi connectivity index (χ1v) is 15.2. The summed E-state index contributed by atoms with van der Waals surface area (Å²) in [7, 11) is -3.65. The Balaban J connectivity index is 1.86. The van der Waals surface area contributed by atoms with E-state index in [0.717, 1.165) is 16.8 Å². The number of fused-ring (bicyclic) bond motifs is 1. The van der Waals surface area contributed by atoms with Crippen molar-refractivity contribution >= 4 is 63.8 Å². The zero-order chi connectivity index (χ0) is 26.3. The summed E-state index contributed by atoms with van der Waals surface area (Å²) in [6, 6.07) is 3.46. The summed E-state index contributed by atoms with van der Waals surface area (Å²) in [4.78, 5) is 18.1. The van der Waals surface area contributed by atoms with Gasteiger partial charge in [-0.1, -0.05) is 48.5 Å². The number of nitrogens with two attached hydrogens (primary N) is 1. The third-order valence-corrected chi connectivity index (χ3v) is 8.51. The quantitative estimate of drug-likeness (QED) is 0.122. The molecule has 0 spiro atoms. The van der Waals surface area contributed by atoms with Crippen LogP contribution in [0, 0.1) is 5.92 Å². The van der Waals surface area contributed by atoms with Gasteiger partial charge in [0.05, 0.1) is 41.8 Å². The first kappa shape index (κ1) is 29.0. The smallest absolute Gasteiger partial charge is 0.375 e. The first-order chi connectivity index (χ1) is 17.1. The van der Waals surface area contributed by atoms with E-state index < -0.39 is 7.82 Å². The Bertz CT molecular complexity index is 1170. The highest BCUT2D eigenvalue weighted by atomic mass is 35.5. The van der Waals surface area contributed by atoms with Crippen molar-refractivity contribution in [2.75, 3.05) is 30.9 Å². The zero-order valence-electron chi connectivity index (χ0n) is 20.9. The molecule has 3 N–H and O–H groups in total. The van der Waals surface area contributed by atoms with Gasteiger partial charge in [0, 0.05) is 6.20 Å². The van der Waals surface area contributed by atoms with E-state index in [1.165, 1.54) is 23.1 Å². The lowest BCUT2D eigenvalue weighted by Crippen LogP contribution is -2.28. The van der Waals surface area contributed by atoms with Crippen LogP contribution in [0.1, 0.15) is 52.0 Å². The Hall–Kier alpha value is -1.53. The fraction of sp³-hybridized carbons (Fsp3) is 0.545. The minimum atomic E-state index is -3.65. The number of thiazole rings is 1. The minimum absolute atomic E-state index is 0.0263. The van der Waals surface area contributed by atoms with Crippen LogP contribution in [-0.4, -0.2) is 45.8 Å². The van der Waals surface area contributed by atoms with Gasteiger partial charge in [-0.3, -0.25) is 18.6 Å². The molecular formula is C22H32ClN6O4PS2. The summed E-state index contributed by atoms with van der Waals surface area (Å²) in [5.74, 6) is 0.920.